The lowest BCUT2D eigenvalue weighted by Gasteiger charge is -2.27. The van der Waals surface area contributed by atoms with E-state index in [1.807, 2.05) is 13.0 Å². The van der Waals surface area contributed by atoms with Gasteiger partial charge in [-0.1, -0.05) is 12.1 Å². The van der Waals surface area contributed by atoms with Gasteiger partial charge in [-0.05, 0) is 25.1 Å². The summed E-state index contributed by atoms with van der Waals surface area (Å²) in [4.78, 5) is 38.3. The summed E-state index contributed by atoms with van der Waals surface area (Å²) in [7, 11) is 1.63. The minimum Gasteiger partial charge on any atom is -0.324 e. The van der Waals surface area contributed by atoms with Crippen LogP contribution in [0.1, 0.15) is 23.7 Å². The Hall–Kier alpha value is -2.89. The summed E-state index contributed by atoms with van der Waals surface area (Å²) in [6.07, 6.45) is 1.76. The van der Waals surface area contributed by atoms with Crippen LogP contribution < -0.4 is 15.8 Å². The van der Waals surface area contributed by atoms with Gasteiger partial charge in [0.2, 0.25) is 5.91 Å². The Labute approximate surface area is 133 Å². The van der Waals surface area contributed by atoms with E-state index < -0.39 is 0 Å². The summed E-state index contributed by atoms with van der Waals surface area (Å²) in [5.74, 6) is -0.427. The molecule has 0 radical (unpaired) electrons. The molecule has 6 heteroatoms. The molecule has 1 aromatic heterocycles. The highest BCUT2D eigenvalue weighted by Gasteiger charge is 2.30. The van der Waals surface area contributed by atoms with Gasteiger partial charge in [0.1, 0.15) is 0 Å². The van der Waals surface area contributed by atoms with Crippen molar-refractivity contribution >= 4 is 23.2 Å². The number of hydrogen-bond acceptors (Lipinski definition) is 3. The summed E-state index contributed by atoms with van der Waals surface area (Å²) in [5, 5.41) is 2.81. The Bertz CT molecular complexity index is 841. The first-order valence-corrected chi connectivity index (χ1v) is 7.36. The van der Waals surface area contributed by atoms with Gasteiger partial charge in [-0.15, -0.1) is 0 Å². The van der Waals surface area contributed by atoms with Gasteiger partial charge in [0.05, 0.1) is 11.4 Å². The SMILES string of the molecule is C[C@H]1CC(=O)Nc2ccccc2N1C(=O)c1ccn(C)c(=O)c1. The van der Waals surface area contributed by atoms with Crippen LogP contribution in [-0.4, -0.2) is 22.4 Å². The van der Waals surface area contributed by atoms with Gasteiger partial charge < -0.3 is 14.8 Å². The maximum absolute atomic E-state index is 12.9. The lowest BCUT2D eigenvalue weighted by molar-refractivity contribution is -0.116. The quantitative estimate of drug-likeness (QED) is 0.872. The maximum Gasteiger partial charge on any atom is 0.258 e. The number of carbonyl (C=O) groups is 2. The highest BCUT2D eigenvalue weighted by atomic mass is 16.2. The van der Waals surface area contributed by atoms with Crippen molar-refractivity contribution in [2.45, 2.75) is 19.4 Å². The monoisotopic (exact) mass is 311 g/mol. The third-order valence-electron chi connectivity index (χ3n) is 3.93. The summed E-state index contributed by atoms with van der Waals surface area (Å²) in [6, 6.07) is 9.78. The minimum absolute atomic E-state index is 0.135. The van der Waals surface area contributed by atoms with Gasteiger partial charge in [0.15, 0.2) is 0 Å². The van der Waals surface area contributed by atoms with Crippen molar-refractivity contribution in [2.24, 2.45) is 7.05 Å². The van der Waals surface area contributed by atoms with Crippen molar-refractivity contribution in [1.82, 2.24) is 4.57 Å². The van der Waals surface area contributed by atoms with Crippen LogP contribution >= 0.6 is 0 Å². The number of aromatic nitrogens is 1. The number of carbonyl (C=O) groups excluding carboxylic acids is 2. The number of anilines is 2. The average molecular weight is 311 g/mol. The van der Waals surface area contributed by atoms with Crippen LogP contribution in [0.15, 0.2) is 47.4 Å². The number of hydrogen-bond donors (Lipinski definition) is 1. The number of nitrogens with one attached hydrogen (secondary N) is 1. The number of benzene rings is 1. The molecule has 2 heterocycles. The molecule has 3 rings (SSSR count). The number of rotatable bonds is 1. The molecule has 2 aromatic rings. The standard InChI is InChI=1S/C17H17N3O3/c1-11-9-15(21)18-13-5-3-4-6-14(13)20(11)17(23)12-7-8-19(2)16(22)10-12/h3-8,10-11H,9H2,1-2H3,(H,18,21)/t11-/m0/s1. The summed E-state index contributed by atoms with van der Waals surface area (Å²) < 4.78 is 1.40. The van der Waals surface area contributed by atoms with Crippen molar-refractivity contribution in [3.8, 4) is 0 Å². The third kappa shape index (κ3) is 2.75. The molecule has 0 saturated heterocycles. The molecule has 118 valence electrons. The van der Waals surface area contributed by atoms with Gasteiger partial charge in [-0.25, -0.2) is 0 Å². The topological polar surface area (TPSA) is 71.4 Å². The number of para-hydroxylation sites is 2. The van der Waals surface area contributed by atoms with E-state index in [9.17, 15) is 14.4 Å². The van der Waals surface area contributed by atoms with Crippen molar-refractivity contribution in [2.75, 3.05) is 10.2 Å². The van der Waals surface area contributed by atoms with Crippen molar-refractivity contribution in [1.29, 1.82) is 0 Å². The molecule has 6 nitrogen and oxygen atoms in total. The Kier molecular flexibility index (Phi) is 3.73. The van der Waals surface area contributed by atoms with E-state index in [1.165, 1.54) is 10.6 Å². The molecule has 1 atom stereocenters. The van der Waals surface area contributed by atoms with Crippen molar-refractivity contribution < 1.29 is 9.59 Å². The third-order valence-corrected chi connectivity index (χ3v) is 3.93. The van der Waals surface area contributed by atoms with E-state index in [-0.39, 0.29) is 29.8 Å². The molecule has 23 heavy (non-hydrogen) atoms. The fourth-order valence-corrected chi connectivity index (χ4v) is 2.72. The van der Waals surface area contributed by atoms with Crippen LogP contribution in [0.2, 0.25) is 0 Å². The number of fused-ring (bicyclic) bond motifs is 1. The predicted molar refractivity (Wildman–Crippen MR) is 87.6 cm³/mol. The zero-order valence-corrected chi connectivity index (χ0v) is 12.9. The van der Waals surface area contributed by atoms with Crippen molar-refractivity contribution in [3.05, 3.63) is 58.5 Å². The first-order chi connectivity index (χ1) is 11.0. The molecule has 1 N–H and O–H groups in total. The second-order valence-corrected chi connectivity index (χ2v) is 5.66. The molecule has 0 saturated carbocycles. The molecule has 1 aromatic carbocycles. The Balaban J connectivity index is 2.09. The molecular weight excluding hydrogens is 294 g/mol. The second-order valence-electron chi connectivity index (χ2n) is 5.66. The normalized spacial score (nSPS) is 17.2. The van der Waals surface area contributed by atoms with Gasteiger partial charge in [0.25, 0.3) is 11.5 Å². The number of aryl methyl sites for hydroxylation is 1. The van der Waals surface area contributed by atoms with Gasteiger partial charge in [0, 0.05) is 37.3 Å². The van der Waals surface area contributed by atoms with Crippen LogP contribution in [0, 0.1) is 0 Å². The fraction of sp³-hybridized carbons (Fsp3) is 0.235. The van der Waals surface area contributed by atoms with E-state index in [4.69, 9.17) is 0 Å². The molecule has 0 aliphatic carbocycles. The molecule has 0 fully saturated rings. The molecule has 1 aliphatic rings. The average Bonchev–Trinajstić information content (AvgIpc) is 2.63. The van der Waals surface area contributed by atoms with Gasteiger partial charge in [-0.2, -0.15) is 0 Å². The number of nitrogens with zero attached hydrogens (tertiary/aromatic N) is 2. The van der Waals surface area contributed by atoms with E-state index in [1.54, 1.807) is 42.4 Å². The molecule has 0 spiro atoms. The summed E-state index contributed by atoms with van der Waals surface area (Å²) in [5.41, 5.74) is 1.29. The molecule has 0 bridgehead atoms. The zero-order valence-electron chi connectivity index (χ0n) is 12.9. The number of pyridine rings is 1. The highest BCUT2D eigenvalue weighted by Crippen LogP contribution is 2.32. The Morgan fingerprint density at radius 3 is 2.70 bits per heavy atom. The largest absolute Gasteiger partial charge is 0.324 e. The predicted octanol–water partition coefficient (Wildman–Crippen LogP) is 1.76. The molecule has 2 amide bonds. The van der Waals surface area contributed by atoms with Gasteiger partial charge in [-0.3, -0.25) is 14.4 Å². The van der Waals surface area contributed by atoms with Crippen LogP contribution in [0.5, 0.6) is 0 Å². The molecule has 1 aliphatic heterocycles. The Morgan fingerprint density at radius 1 is 1.22 bits per heavy atom. The van der Waals surface area contributed by atoms with Crippen LogP contribution in [-0.2, 0) is 11.8 Å². The summed E-state index contributed by atoms with van der Waals surface area (Å²) >= 11 is 0. The fourth-order valence-electron chi connectivity index (χ4n) is 2.72. The van der Waals surface area contributed by atoms with Crippen LogP contribution in [0.4, 0.5) is 11.4 Å². The molecular formula is C17H17N3O3. The number of amides is 2. The second kappa shape index (κ2) is 5.72. The van der Waals surface area contributed by atoms with E-state index in [0.717, 1.165) is 0 Å². The first kappa shape index (κ1) is 15.0. The van der Waals surface area contributed by atoms with Crippen molar-refractivity contribution in [3.63, 3.8) is 0 Å². The van der Waals surface area contributed by atoms with E-state index in [2.05, 4.69) is 5.32 Å². The first-order valence-electron chi connectivity index (χ1n) is 7.36. The lowest BCUT2D eigenvalue weighted by Crippen LogP contribution is -2.39. The highest BCUT2D eigenvalue weighted by molar-refractivity contribution is 6.11. The molecule has 0 unspecified atom stereocenters. The lowest BCUT2D eigenvalue weighted by atomic mass is 10.1. The minimum atomic E-state index is -0.310. The zero-order chi connectivity index (χ0) is 16.6. The smallest absolute Gasteiger partial charge is 0.258 e. The van der Waals surface area contributed by atoms with Crippen LogP contribution in [0.25, 0.3) is 0 Å². The summed E-state index contributed by atoms with van der Waals surface area (Å²) in [6.45, 7) is 1.82. The van der Waals surface area contributed by atoms with Crippen LogP contribution in [0.3, 0.4) is 0 Å². The maximum atomic E-state index is 12.9. The van der Waals surface area contributed by atoms with E-state index >= 15 is 0 Å². The Morgan fingerprint density at radius 2 is 1.96 bits per heavy atom. The van der Waals surface area contributed by atoms with Gasteiger partial charge >= 0.3 is 0 Å². The van der Waals surface area contributed by atoms with E-state index in [0.29, 0.717) is 16.9 Å².